The summed E-state index contributed by atoms with van der Waals surface area (Å²) < 4.78 is 10.0. The molecule has 0 bridgehead atoms. The van der Waals surface area contributed by atoms with Gasteiger partial charge in [-0.05, 0) is 31.6 Å². The maximum absolute atomic E-state index is 11.4. The fourth-order valence-corrected chi connectivity index (χ4v) is 2.40. The highest BCUT2D eigenvalue weighted by Gasteiger charge is 2.24. The Kier molecular flexibility index (Phi) is 5.81. The predicted molar refractivity (Wildman–Crippen MR) is 67.4 cm³/mol. The summed E-state index contributed by atoms with van der Waals surface area (Å²) in [6.07, 6.45) is 8.28. The van der Waals surface area contributed by atoms with Crippen molar-refractivity contribution in [1.29, 1.82) is 0 Å². The van der Waals surface area contributed by atoms with E-state index in [9.17, 15) is 4.79 Å². The van der Waals surface area contributed by atoms with Crippen LogP contribution in [0.1, 0.15) is 32.6 Å². The number of allylic oxidation sites excluding steroid dienone is 1. The molecule has 1 aliphatic carbocycles. The molecule has 0 heterocycles. The third-order valence-corrected chi connectivity index (χ3v) is 3.37. The highest BCUT2D eigenvalue weighted by molar-refractivity contribution is 5.87. The van der Waals surface area contributed by atoms with Crippen molar-refractivity contribution < 1.29 is 14.3 Å². The van der Waals surface area contributed by atoms with Gasteiger partial charge in [0.05, 0.1) is 20.0 Å². The van der Waals surface area contributed by atoms with E-state index >= 15 is 0 Å². The van der Waals surface area contributed by atoms with Crippen LogP contribution in [0.25, 0.3) is 0 Å². The molecule has 0 aromatic rings. The van der Waals surface area contributed by atoms with Crippen molar-refractivity contribution in [3.8, 4) is 0 Å². The van der Waals surface area contributed by atoms with Crippen molar-refractivity contribution in [1.82, 2.24) is 0 Å². The molecular formula is C14H22O3. The van der Waals surface area contributed by atoms with Gasteiger partial charge in [-0.1, -0.05) is 25.5 Å². The molecule has 1 rings (SSSR count). The standard InChI is InChI=1S/C14H22O3/c1-4-17-10-13-8-6-5-7-12(13)9-11(2)14(15)16-3/h4,9,12-13H,1,5-8,10H2,2-3H3/b11-9+. The first-order valence-corrected chi connectivity index (χ1v) is 6.18. The summed E-state index contributed by atoms with van der Waals surface area (Å²) in [6, 6.07) is 0. The highest BCUT2D eigenvalue weighted by Crippen LogP contribution is 2.32. The molecule has 1 saturated carbocycles. The third-order valence-electron chi connectivity index (χ3n) is 3.37. The van der Waals surface area contributed by atoms with Crippen molar-refractivity contribution in [2.24, 2.45) is 11.8 Å². The summed E-state index contributed by atoms with van der Waals surface area (Å²) in [5.74, 6) is 0.670. The fraction of sp³-hybridized carbons (Fsp3) is 0.643. The molecule has 3 nitrogen and oxygen atoms in total. The number of rotatable bonds is 5. The van der Waals surface area contributed by atoms with Gasteiger partial charge in [0.2, 0.25) is 0 Å². The Hall–Kier alpha value is -1.25. The molecule has 2 atom stereocenters. The molecule has 0 aliphatic heterocycles. The molecule has 1 aliphatic rings. The van der Waals surface area contributed by atoms with Gasteiger partial charge in [-0.2, -0.15) is 0 Å². The van der Waals surface area contributed by atoms with Crippen LogP contribution in [0.2, 0.25) is 0 Å². The van der Waals surface area contributed by atoms with Gasteiger partial charge in [0.1, 0.15) is 0 Å². The first-order chi connectivity index (χ1) is 8.19. The lowest BCUT2D eigenvalue weighted by molar-refractivity contribution is -0.136. The van der Waals surface area contributed by atoms with E-state index in [1.165, 1.54) is 26.2 Å². The Morgan fingerprint density at radius 2 is 2.12 bits per heavy atom. The summed E-state index contributed by atoms with van der Waals surface area (Å²) in [5, 5.41) is 0. The zero-order valence-corrected chi connectivity index (χ0v) is 10.8. The van der Waals surface area contributed by atoms with Gasteiger partial charge in [0.15, 0.2) is 0 Å². The molecule has 1 fully saturated rings. The quantitative estimate of drug-likeness (QED) is 0.419. The van der Waals surface area contributed by atoms with E-state index in [1.54, 1.807) is 0 Å². The van der Waals surface area contributed by atoms with Crippen molar-refractivity contribution in [3.05, 3.63) is 24.5 Å². The first-order valence-electron chi connectivity index (χ1n) is 6.18. The Morgan fingerprint density at radius 3 is 2.76 bits per heavy atom. The second-order valence-electron chi connectivity index (χ2n) is 4.55. The van der Waals surface area contributed by atoms with Gasteiger partial charge < -0.3 is 9.47 Å². The molecule has 96 valence electrons. The Balaban J connectivity index is 2.64. The molecule has 17 heavy (non-hydrogen) atoms. The zero-order chi connectivity index (χ0) is 12.7. The first kappa shape index (κ1) is 13.8. The lowest BCUT2D eigenvalue weighted by Gasteiger charge is -2.29. The van der Waals surface area contributed by atoms with Crippen molar-refractivity contribution in [2.75, 3.05) is 13.7 Å². The third kappa shape index (κ3) is 4.25. The highest BCUT2D eigenvalue weighted by atomic mass is 16.5. The fourth-order valence-electron chi connectivity index (χ4n) is 2.40. The van der Waals surface area contributed by atoms with E-state index in [0.29, 0.717) is 24.0 Å². The second kappa shape index (κ2) is 7.15. The van der Waals surface area contributed by atoms with Crippen LogP contribution in [0.15, 0.2) is 24.5 Å². The van der Waals surface area contributed by atoms with Gasteiger partial charge in [0.25, 0.3) is 0 Å². The number of methoxy groups -OCH3 is 1. The van der Waals surface area contributed by atoms with Crippen LogP contribution < -0.4 is 0 Å². The Labute approximate surface area is 103 Å². The van der Waals surface area contributed by atoms with Gasteiger partial charge in [-0.3, -0.25) is 0 Å². The Bertz CT molecular complexity index is 294. The minimum atomic E-state index is -0.237. The zero-order valence-electron chi connectivity index (χ0n) is 10.8. The maximum Gasteiger partial charge on any atom is 0.333 e. The number of hydrogen-bond acceptors (Lipinski definition) is 3. The van der Waals surface area contributed by atoms with E-state index in [2.05, 4.69) is 6.58 Å². The van der Waals surface area contributed by atoms with Crippen LogP contribution in [-0.4, -0.2) is 19.7 Å². The molecule has 2 unspecified atom stereocenters. The van der Waals surface area contributed by atoms with Gasteiger partial charge >= 0.3 is 5.97 Å². The summed E-state index contributed by atoms with van der Waals surface area (Å²) in [7, 11) is 1.42. The summed E-state index contributed by atoms with van der Waals surface area (Å²) in [4.78, 5) is 11.4. The SMILES string of the molecule is C=COCC1CCCCC1/C=C(\C)C(=O)OC. The molecule has 3 heteroatoms. The smallest absolute Gasteiger partial charge is 0.333 e. The molecule has 0 N–H and O–H groups in total. The number of esters is 1. The molecule has 0 amide bonds. The lowest BCUT2D eigenvalue weighted by Crippen LogP contribution is -2.22. The van der Waals surface area contributed by atoms with Crippen LogP contribution in [-0.2, 0) is 14.3 Å². The van der Waals surface area contributed by atoms with Crippen LogP contribution in [0, 0.1) is 11.8 Å². The van der Waals surface area contributed by atoms with E-state index in [-0.39, 0.29) is 5.97 Å². The molecule has 0 spiro atoms. The van der Waals surface area contributed by atoms with Gasteiger partial charge in [-0.15, -0.1) is 0 Å². The number of hydrogen-bond donors (Lipinski definition) is 0. The van der Waals surface area contributed by atoms with E-state index in [4.69, 9.17) is 9.47 Å². The monoisotopic (exact) mass is 238 g/mol. The molecule has 0 aromatic carbocycles. The van der Waals surface area contributed by atoms with Crippen LogP contribution in [0.3, 0.4) is 0 Å². The van der Waals surface area contributed by atoms with Gasteiger partial charge in [-0.25, -0.2) is 4.79 Å². The van der Waals surface area contributed by atoms with E-state index in [1.807, 2.05) is 13.0 Å². The topological polar surface area (TPSA) is 35.5 Å². The molecular weight excluding hydrogens is 216 g/mol. The van der Waals surface area contributed by atoms with Crippen LogP contribution in [0.4, 0.5) is 0 Å². The van der Waals surface area contributed by atoms with E-state index < -0.39 is 0 Å². The normalized spacial score (nSPS) is 25.2. The lowest BCUT2D eigenvalue weighted by atomic mass is 9.79. The average molecular weight is 238 g/mol. The minimum Gasteiger partial charge on any atom is -0.502 e. The van der Waals surface area contributed by atoms with Crippen molar-refractivity contribution in [3.63, 3.8) is 0 Å². The summed E-state index contributed by atoms with van der Waals surface area (Å²) >= 11 is 0. The summed E-state index contributed by atoms with van der Waals surface area (Å²) in [6.45, 7) is 6.07. The van der Waals surface area contributed by atoms with Crippen LogP contribution >= 0.6 is 0 Å². The van der Waals surface area contributed by atoms with Gasteiger partial charge in [0, 0.05) is 5.57 Å². The number of carbonyl (C=O) groups excluding carboxylic acids is 1. The second-order valence-corrected chi connectivity index (χ2v) is 4.55. The largest absolute Gasteiger partial charge is 0.502 e. The van der Waals surface area contributed by atoms with Crippen LogP contribution in [0.5, 0.6) is 0 Å². The predicted octanol–water partition coefficient (Wildman–Crippen LogP) is 3.07. The minimum absolute atomic E-state index is 0.237. The van der Waals surface area contributed by atoms with E-state index in [0.717, 1.165) is 12.8 Å². The van der Waals surface area contributed by atoms with Crippen molar-refractivity contribution >= 4 is 5.97 Å². The molecule has 0 radical (unpaired) electrons. The van der Waals surface area contributed by atoms with Crippen molar-refractivity contribution in [2.45, 2.75) is 32.6 Å². The molecule has 0 aromatic heterocycles. The maximum atomic E-state index is 11.4. The average Bonchev–Trinajstić information content (AvgIpc) is 2.36. The number of carbonyl (C=O) groups is 1. The summed E-state index contributed by atoms with van der Waals surface area (Å²) in [5.41, 5.74) is 0.697. The Morgan fingerprint density at radius 1 is 1.41 bits per heavy atom. The number of ether oxygens (including phenoxy) is 2. The molecule has 0 saturated heterocycles.